The molecule has 7 heteroatoms. The van der Waals surface area contributed by atoms with Crippen LogP contribution in [-0.2, 0) is 13.5 Å². The van der Waals surface area contributed by atoms with Gasteiger partial charge in [0.05, 0.1) is 33.5 Å². The van der Waals surface area contributed by atoms with Gasteiger partial charge < -0.3 is 5.32 Å². The minimum atomic E-state index is 0.00458. The van der Waals surface area contributed by atoms with E-state index < -0.39 is 0 Å². The summed E-state index contributed by atoms with van der Waals surface area (Å²) in [6, 6.07) is 0.00458. The van der Waals surface area contributed by atoms with E-state index in [2.05, 4.69) is 33.8 Å². The maximum Gasteiger partial charge on any atom is 0.0892 e. The van der Waals surface area contributed by atoms with E-state index in [0.29, 0.717) is 5.02 Å². The smallest absolute Gasteiger partial charge is 0.0892 e. The van der Waals surface area contributed by atoms with Crippen LogP contribution in [0.15, 0.2) is 6.20 Å². The summed E-state index contributed by atoms with van der Waals surface area (Å²) in [4.78, 5) is 1.12. The van der Waals surface area contributed by atoms with E-state index in [-0.39, 0.29) is 6.04 Å². The van der Waals surface area contributed by atoms with Crippen molar-refractivity contribution >= 4 is 23.1 Å². The molecule has 5 nitrogen and oxygen atoms in total. The number of nitrogens with one attached hydrogen (secondary N) is 1. The Morgan fingerprint density at radius 2 is 2.28 bits per heavy atom. The van der Waals surface area contributed by atoms with Crippen LogP contribution in [0.5, 0.6) is 0 Å². The Labute approximate surface area is 115 Å². The molecule has 0 radical (unpaired) electrons. The summed E-state index contributed by atoms with van der Waals surface area (Å²) in [7, 11) is 1.89. The van der Waals surface area contributed by atoms with Crippen LogP contribution in [0, 0.1) is 0 Å². The fourth-order valence-corrected chi connectivity index (χ4v) is 3.04. The molecule has 2 aromatic rings. The molecule has 0 aromatic carbocycles. The van der Waals surface area contributed by atoms with Crippen molar-refractivity contribution in [1.82, 2.24) is 24.7 Å². The van der Waals surface area contributed by atoms with Crippen LogP contribution >= 0.6 is 23.1 Å². The lowest BCUT2D eigenvalue weighted by atomic mass is 10.1. The molecule has 0 saturated heterocycles. The second-order valence-corrected chi connectivity index (χ2v) is 5.12. The van der Waals surface area contributed by atoms with Gasteiger partial charge in [0.1, 0.15) is 0 Å². The van der Waals surface area contributed by atoms with E-state index in [1.54, 1.807) is 10.9 Å². The Morgan fingerprint density at radius 3 is 2.83 bits per heavy atom. The molecule has 0 bridgehead atoms. The Kier molecular flexibility index (Phi) is 4.31. The van der Waals surface area contributed by atoms with E-state index in [0.717, 1.165) is 29.2 Å². The lowest BCUT2D eigenvalue weighted by Gasteiger charge is -2.17. The van der Waals surface area contributed by atoms with Crippen LogP contribution in [-0.4, -0.2) is 25.9 Å². The van der Waals surface area contributed by atoms with Gasteiger partial charge in [-0.05, 0) is 24.5 Å². The van der Waals surface area contributed by atoms with Crippen molar-refractivity contribution in [2.24, 2.45) is 7.05 Å². The average Bonchev–Trinajstić information content (AvgIpc) is 2.94. The Balaban J connectivity index is 2.46. The van der Waals surface area contributed by atoms with E-state index in [9.17, 15) is 0 Å². The zero-order valence-corrected chi connectivity index (χ0v) is 12.2. The van der Waals surface area contributed by atoms with Crippen molar-refractivity contribution in [2.45, 2.75) is 26.3 Å². The topological polar surface area (TPSA) is 55.6 Å². The zero-order valence-electron chi connectivity index (χ0n) is 10.6. The van der Waals surface area contributed by atoms with Crippen molar-refractivity contribution in [3.05, 3.63) is 27.5 Å². The molecule has 1 atom stereocenters. The molecule has 0 spiro atoms. The van der Waals surface area contributed by atoms with Gasteiger partial charge in [-0.2, -0.15) is 5.10 Å². The highest BCUT2D eigenvalue weighted by Crippen LogP contribution is 2.31. The number of hydrogen-bond donors (Lipinski definition) is 1. The predicted molar refractivity (Wildman–Crippen MR) is 73.0 cm³/mol. The maximum atomic E-state index is 6.23. The minimum absolute atomic E-state index is 0.00458. The highest BCUT2D eigenvalue weighted by Gasteiger charge is 2.24. The lowest BCUT2D eigenvalue weighted by Crippen LogP contribution is -2.24. The fraction of sp³-hybridized carbons (Fsp3) is 0.545. The summed E-state index contributed by atoms with van der Waals surface area (Å²) >= 11 is 7.64. The molecule has 2 heterocycles. The monoisotopic (exact) mass is 285 g/mol. The van der Waals surface area contributed by atoms with Crippen molar-refractivity contribution in [1.29, 1.82) is 0 Å². The lowest BCUT2D eigenvalue weighted by molar-refractivity contribution is 0.575. The van der Waals surface area contributed by atoms with Gasteiger partial charge in [-0.1, -0.05) is 29.9 Å². The molecule has 0 aliphatic heterocycles. The first-order valence-electron chi connectivity index (χ1n) is 5.90. The Bertz CT molecular complexity index is 502. The molecule has 1 unspecified atom stereocenters. The molecule has 98 valence electrons. The molecule has 0 amide bonds. The molecule has 1 N–H and O–H groups in total. The van der Waals surface area contributed by atoms with Gasteiger partial charge in [-0.25, -0.2) is 0 Å². The summed E-state index contributed by atoms with van der Waals surface area (Å²) in [6.45, 7) is 4.98. The number of aryl methyl sites for hydroxylation is 2. The summed E-state index contributed by atoms with van der Waals surface area (Å²) in [6.07, 6.45) is 2.53. The third kappa shape index (κ3) is 2.41. The largest absolute Gasteiger partial charge is 0.304 e. The third-order valence-electron chi connectivity index (χ3n) is 2.80. The number of halogens is 1. The molecule has 0 aliphatic carbocycles. The van der Waals surface area contributed by atoms with Gasteiger partial charge in [0.2, 0.25) is 0 Å². The van der Waals surface area contributed by atoms with Crippen LogP contribution in [0.2, 0.25) is 5.02 Å². The van der Waals surface area contributed by atoms with Gasteiger partial charge >= 0.3 is 0 Å². The fourth-order valence-electron chi connectivity index (χ4n) is 1.94. The third-order valence-corrected chi connectivity index (χ3v) is 3.92. The van der Waals surface area contributed by atoms with Crippen LogP contribution in [0.1, 0.15) is 36.2 Å². The normalized spacial score (nSPS) is 12.9. The molecule has 18 heavy (non-hydrogen) atoms. The standard InChI is InChI=1S/C11H16ClN5S/c1-4-8-11(18-16-15-8)9(13-5-2)10-7(12)6-14-17(10)3/h6,9,13H,4-5H2,1-3H3. The Morgan fingerprint density at radius 1 is 1.50 bits per heavy atom. The number of aromatic nitrogens is 4. The van der Waals surface area contributed by atoms with E-state index in [1.165, 1.54) is 11.5 Å². The van der Waals surface area contributed by atoms with E-state index in [1.807, 2.05) is 7.05 Å². The van der Waals surface area contributed by atoms with Crippen molar-refractivity contribution in [3.63, 3.8) is 0 Å². The quantitative estimate of drug-likeness (QED) is 0.915. The van der Waals surface area contributed by atoms with Gasteiger partial charge in [0.25, 0.3) is 0 Å². The van der Waals surface area contributed by atoms with Gasteiger partial charge in [-0.3, -0.25) is 4.68 Å². The van der Waals surface area contributed by atoms with Gasteiger partial charge in [-0.15, -0.1) is 5.10 Å². The first kappa shape index (κ1) is 13.5. The molecule has 0 aliphatic rings. The average molecular weight is 286 g/mol. The molecule has 2 aromatic heterocycles. The van der Waals surface area contributed by atoms with E-state index >= 15 is 0 Å². The highest BCUT2D eigenvalue weighted by atomic mass is 35.5. The first-order valence-corrected chi connectivity index (χ1v) is 7.06. The number of rotatable bonds is 5. The maximum absolute atomic E-state index is 6.23. The van der Waals surface area contributed by atoms with Crippen LogP contribution in [0.3, 0.4) is 0 Å². The molecule has 0 saturated carbocycles. The summed E-state index contributed by atoms with van der Waals surface area (Å²) < 4.78 is 5.84. The summed E-state index contributed by atoms with van der Waals surface area (Å²) in [5, 5.41) is 12.5. The van der Waals surface area contributed by atoms with Gasteiger partial charge in [0, 0.05) is 7.05 Å². The van der Waals surface area contributed by atoms with Crippen LogP contribution in [0.25, 0.3) is 0 Å². The van der Waals surface area contributed by atoms with Crippen molar-refractivity contribution < 1.29 is 0 Å². The predicted octanol–water partition coefficient (Wildman–Crippen LogP) is 2.19. The zero-order chi connectivity index (χ0) is 13.1. The highest BCUT2D eigenvalue weighted by molar-refractivity contribution is 7.05. The Hall–Kier alpha value is -0.980. The number of nitrogens with zero attached hydrogens (tertiary/aromatic N) is 4. The molecule has 0 fully saturated rings. The first-order chi connectivity index (χ1) is 8.69. The van der Waals surface area contributed by atoms with E-state index in [4.69, 9.17) is 11.6 Å². The van der Waals surface area contributed by atoms with Gasteiger partial charge in [0.15, 0.2) is 0 Å². The minimum Gasteiger partial charge on any atom is -0.304 e. The van der Waals surface area contributed by atoms with Crippen molar-refractivity contribution in [3.8, 4) is 0 Å². The summed E-state index contributed by atoms with van der Waals surface area (Å²) in [5.74, 6) is 0. The molecule has 2 rings (SSSR count). The SMILES string of the molecule is CCNC(c1snnc1CC)c1c(Cl)cnn1C. The number of hydrogen-bond acceptors (Lipinski definition) is 5. The van der Waals surface area contributed by atoms with Crippen LogP contribution in [0.4, 0.5) is 0 Å². The molecular weight excluding hydrogens is 270 g/mol. The summed E-state index contributed by atoms with van der Waals surface area (Å²) in [5.41, 5.74) is 1.97. The molecular formula is C11H16ClN5S. The van der Waals surface area contributed by atoms with Crippen molar-refractivity contribution in [2.75, 3.05) is 6.54 Å². The van der Waals surface area contributed by atoms with Crippen LogP contribution < -0.4 is 5.32 Å². The second-order valence-electron chi connectivity index (χ2n) is 3.93. The second kappa shape index (κ2) is 5.77.